The first kappa shape index (κ1) is 13.0. The molecule has 1 amide bonds. The van der Waals surface area contributed by atoms with E-state index in [0.717, 1.165) is 0 Å². The summed E-state index contributed by atoms with van der Waals surface area (Å²) in [6.07, 6.45) is 1.45. The summed E-state index contributed by atoms with van der Waals surface area (Å²) in [5.74, 6) is -0.0535. The monoisotopic (exact) mass is 337 g/mol. The van der Waals surface area contributed by atoms with E-state index in [4.69, 9.17) is 4.42 Å². The second kappa shape index (κ2) is 5.88. The molecule has 16 heavy (non-hydrogen) atoms. The molecule has 0 fully saturated rings. The van der Waals surface area contributed by atoms with Gasteiger partial charge in [-0.05, 0) is 13.0 Å². The van der Waals surface area contributed by atoms with Crippen LogP contribution in [0.5, 0.6) is 0 Å². The van der Waals surface area contributed by atoms with Crippen LogP contribution in [-0.2, 0) is 9.53 Å². The van der Waals surface area contributed by atoms with Crippen molar-refractivity contribution in [1.29, 1.82) is 0 Å². The van der Waals surface area contributed by atoms with Gasteiger partial charge in [-0.1, -0.05) is 22.6 Å². The molecule has 88 valence electrons. The summed E-state index contributed by atoms with van der Waals surface area (Å²) in [6.45, 7) is 1.94. The minimum Gasteiger partial charge on any atom is -0.469 e. The van der Waals surface area contributed by atoms with Gasteiger partial charge < -0.3 is 14.5 Å². The molecule has 1 heterocycles. The fraction of sp³-hybridized carbons (Fsp3) is 0.400. The quantitative estimate of drug-likeness (QED) is 0.511. The average Bonchev–Trinajstić information content (AvgIpc) is 2.70. The molecule has 1 N–H and O–H groups in total. The number of ether oxygens (including phenoxy) is 1. The van der Waals surface area contributed by atoms with Gasteiger partial charge in [-0.15, -0.1) is 0 Å². The van der Waals surface area contributed by atoms with E-state index in [1.807, 2.05) is 22.6 Å². The second-order valence-corrected chi connectivity index (χ2v) is 4.59. The maximum absolute atomic E-state index is 11.6. The zero-order valence-electron chi connectivity index (χ0n) is 8.95. The first-order valence-corrected chi connectivity index (χ1v) is 5.85. The number of carbonyl (C=O) groups is 2. The minimum atomic E-state index is -0.390. The van der Waals surface area contributed by atoms with Gasteiger partial charge in [0, 0.05) is 6.54 Å². The van der Waals surface area contributed by atoms with Crippen LogP contribution >= 0.6 is 22.6 Å². The summed E-state index contributed by atoms with van der Waals surface area (Å²) in [7, 11) is 1.32. The number of rotatable bonds is 4. The summed E-state index contributed by atoms with van der Waals surface area (Å²) in [5.41, 5.74) is 0.480. The normalized spacial score (nSPS) is 11.9. The highest BCUT2D eigenvalue weighted by atomic mass is 127. The van der Waals surface area contributed by atoms with Crippen molar-refractivity contribution in [3.8, 4) is 0 Å². The lowest BCUT2D eigenvalue weighted by molar-refractivity contribution is -0.139. The van der Waals surface area contributed by atoms with Crippen LogP contribution in [0.25, 0.3) is 0 Å². The standard InChI is InChI=1S/C10H12INO4/c1-6-7(3-4-16-6)9(13)12-5-8(11)10(14)15-2/h3-4,8H,5H2,1-2H3,(H,12,13). The second-order valence-electron chi connectivity index (χ2n) is 3.09. The lowest BCUT2D eigenvalue weighted by Gasteiger charge is -2.08. The molecule has 0 aliphatic heterocycles. The van der Waals surface area contributed by atoms with E-state index < -0.39 is 3.92 Å². The van der Waals surface area contributed by atoms with Gasteiger partial charge in [0.05, 0.1) is 18.9 Å². The molecule has 1 unspecified atom stereocenters. The molecule has 6 heteroatoms. The lowest BCUT2D eigenvalue weighted by Crippen LogP contribution is -2.33. The first-order chi connectivity index (χ1) is 7.56. The van der Waals surface area contributed by atoms with Crippen molar-refractivity contribution < 1.29 is 18.7 Å². The molecule has 0 spiro atoms. The zero-order chi connectivity index (χ0) is 12.1. The fourth-order valence-corrected chi connectivity index (χ4v) is 1.58. The highest BCUT2D eigenvalue weighted by Crippen LogP contribution is 2.08. The van der Waals surface area contributed by atoms with E-state index in [0.29, 0.717) is 11.3 Å². The number of nitrogens with one attached hydrogen (secondary N) is 1. The van der Waals surface area contributed by atoms with Gasteiger partial charge in [0.25, 0.3) is 5.91 Å². The maximum atomic E-state index is 11.6. The van der Waals surface area contributed by atoms with Gasteiger partial charge in [0.1, 0.15) is 9.68 Å². The summed E-state index contributed by atoms with van der Waals surface area (Å²) >= 11 is 1.91. The first-order valence-electron chi connectivity index (χ1n) is 4.60. The summed E-state index contributed by atoms with van der Waals surface area (Å²) in [4.78, 5) is 22.7. The Bertz CT molecular complexity index is 388. The fourth-order valence-electron chi connectivity index (χ4n) is 1.11. The van der Waals surface area contributed by atoms with Crippen molar-refractivity contribution in [2.45, 2.75) is 10.8 Å². The Kier molecular flexibility index (Phi) is 4.78. The van der Waals surface area contributed by atoms with Crippen molar-refractivity contribution in [2.75, 3.05) is 13.7 Å². The SMILES string of the molecule is COC(=O)C(I)CNC(=O)c1ccoc1C. The van der Waals surface area contributed by atoms with Crippen LogP contribution in [0, 0.1) is 6.92 Å². The molecule has 0 bridgehead atoms. The van der Waals surface area contributed by atoms with E-state index in [2.05, 4.69) is 10.1 Å². The molecular weight excluding hydrogens is 325 g/mol. The molecule has 0 aliphatic carbocycles. The number of alkyl halides is 1. The third-order valence-electron chi connectivity index (χ3n) is 2.00. The largest absolute Gasteiger partial charge is 0.469 e. The number of furan rings is 1. The number of aryl methyl sites for hydroxylation is 1. The third-order valence-corrected chi connectivity index (χ3v) is 2.95. The van der Waals surface area contributed by atoms with Crippen LogP contribution in [0.4, 0.5) is 0 Å². The Balaban J connectivity index is 2.48. The predicted molar refractivity (Wildman–Crippen MR) is 65.6 cm³/mol. The average molecular weight is 337 g/mol. The topological polar surface area (TPSA) is 68.5 Å². The van der Waals surface area contributed by atoms with Gasteiger partial charge in [0.15, 0.2) is 0 Å². The summed E-state index contributed by atoms with van der Waals surface area (Å²) < 4.78 is 9.16. The van der Waals surface area contributed by atoms with Gasteiger partial charge in [-0.2, -0.15) is 0 Å². The van der Waals surface area contributed by atoms with Crippen LogP contribution in [0.3, 0.4) is 0 Å². The van der Waals surface area contributed by atoms with E-state index in [1.165, 1.54) is 13.4 Å². The van der Waals surface area contributed by atoms with E-state index >= 15 is 0 Å². The summed E-state index contributed by atoms with van der Waals surface area (Å²) in [5, 5.41) is 2.63. The van der Waals surface area contributed by atoms with Gasteiger partial charge in [-0.3, -0.25) is 9.59 Å². The van der Waals surface area contributed by atoms with Gasteiger partial charge >= 0.3 is 5.97 Å². The third kappa shape index (κ3) is 3.22. The van der Waals surface area contributed by atoms with Crippen molar-refractivity contribution in [3.63, 3.8) is 0 Å². The van der Waals surface area contributed by atoms with Crippen LogP contribution in [0.2, 0.25) is 0 Å². The number of hydrogen-bond acceptors (Lipinski definition) is 4. The Morgan fingerprint density at radius 2 is 2.31 bits per heavy atom. The smallest absolute Gasteiger partial charge is 0.320 e. The molecule has 1 rings (SSSR count). The Morgan fingerprint density at radius 3 is 2.81 bits per heavy atom. The van der Waals surface area contributed by atoms with E-state index in [9.17, 15) is 9.59 Å². The highest BCUT2D eigenvalue weighted by Gasteiger charge is 2.17. The van der Waals surface area contributed by atoms with Crippen molar-refractivity contribution in [3.05, 3.63) is 23.7 Å². The van der Waals surface area contributed by atoms with Crippen molar-refractivity contribution >= 4 is 34.5 Å². The predicted octanol–water partition coefficient (Wildman–Crippen LogP) is 1.29. The van der Waals surface area contributed by atoms with Crippen molar-refractivity contribution in [1.82, 2.24) is 5.32 Å². The molecule has 0 aromatic carbocycles. The van der Waals surface area contributed by atoms with Gasteiger partial charge in [0.2, 0.25) is 0 Å². The molecule has 1 aromatic heterocycles. The van der Waals surface area contributed by atoms with Crippen LogP contribution in [0.1, 0.15) is 16.1 Å². The number of halogens is 1. The minimum absolute atomic E-state index is 0.233. The van der Waals surface area contributed by atoms with Crippen molar-refractivity contribution in [2.24, 2.45) is 0 Å². The molecule has 0 saturated heterocycles. The molecular formula is C10H12INO4. The zero-order valence-corrected chi connectivity index (χ0v) is 11.1. The molecule has 5 nitrogen and oxygen atoms in total. The molecule has 0 radical (unpaired) electrons. The van der Waals surface area contributed by atoms with Crippen LogP contribution < -0.4 is 5.32 Å². The molecule has 0 saturated carbocycles. The molecule has 1 atom stereocenters. The number of amides is 1. The number of carbonyl (C=O) groups excluding carboxylic acids is 2. The molecule has 0 aliphatic rings. The van der Waals surface area contributed by atoms with Gasteiger partial charge in [-0.25, -0.2) is 0 Å². The number of hydrogen-bond donors (Lipinski definition) is 1. The lowest BCUT2D eigenvalue weighted by atomic mass is 10.2. The van der Waals surface area contributed by atoms with E-state index in [1.54, 1.807) is 13.0 Å². The Hall–Kier alpha value is -1.05. The highest BCUT2D eigenvalue weighted by molar-refractivity contribution is 14.1. The maximum Gasteiger partial charge on any atom is 0.320 e. The Morgan fingerprint density at radius 1 is 1.62 bits per heavy atom. The van der Waals surface area contributed by atoms with Crippen LogP contribution in [-0.4, -0.2) is 29.5 Å². The van der Waals surface area contributed by atoms with Crippen LogP contribution in [0.15, 0.2) is 16.7 Å². The van der Waals surface area contributed by atoms with E-state index in [-0.39, 0.29) is 18.4 Å². The summed E-state index contributed by atoms with van der Waals surface area (Å²) in [6, 6.07) is 1.59. The Labute approximate surface area is 107 Å². The molecule has 1 aromatic rings. The number of methoxy groups -OCH3 is 1. The number of esters is 1.